The van der Waals surface area contributed by atoms with Gasteiger partial charge in [-0.3, -0.25) is 4.79 Å². The third-order valence-corrected chi connectivity index (χ3v) is 7.06. The number of para-hydroxylation sites is 2. The maximum Gasteiger partial charge on any atom is 0.328 e. The number of hydrogen-bond donors (Lipinski definition) is 1. The summed E-state index contributed by atoms with van der Waals surface area (Å²) in [5.74, 6) is 0.893. The number of benzene rings is 4. The van der Waals surface area contributed by atoms with Gasteiger partial charge in [-0.25, -0.2) is 14.8 Å². The fourth-order valence-corrected chi connectivity index (χ4v) is 4.65. The number of aromatic nitrogens is 2. The van der Waals surface area contributed by atoms with Gasteiger partial charge in [0.1, 0.15) is 43.1 Å². The molecule has 0 radical (unpaired) electrons. The van der Waals surface area contributed by atoms with Gasteiger partial charge in [-0.2, -0.15) is 0 Å². The molecule has 0 unspecified atom stereocenters. The van der Waals surface area contributed by atoms with E-state index in [2.05, 4.69) is 15.3 Å². The number of esters is 1. The molecule has 5 aromatic rings. The Bertz CT molecular complexity index is 1730. The van der Waals surface area contributed by atoms with Gasteiger partial charge in [0, 0.05) is 12.0 Å². The van der Waals surface area contributed by atoms with Gasteiger partial charge in [-0.1, -0.05) is 61.5 Å². The lowest BCUT2D eigenvalue weighted by Crippen LogP contribution is -2.43. The number of carbonyl (C=O) groups excluding carboxylic acids is 2. The summed E-state index contributed by atoms with van der Waals surface area (Å²) in [4.78, 5) is 35.1. The van der Waals surface area contributed by atoms with Crippen molar-refractivity contribution in [1.29, 1.82) is 0 Å². The molecule has 0 saturated carbocycles. The number of hydrogen-bond acceptors (Lipinski definition) is 8. The fraction of sp³-hybridized carbons (Fsp3) is 0.243. The molecule has 9 nitrogen and oxygen atoms in total. The number of carbonyl (C=O) groups is 2. The normalized spacial score (nSPS) is 11.4. The first-order chi connectivity index (χ1) is 22.5. The van der Waals surface area contributed by atoms with Crippen LogP contribution in [0.3, 0.4) is 0 Å². The summed E-state index contributed by atoms with van der Waals surface area (Å²) in [5.41, 5.74) is 4.61. The van der Waals surface area contributed by atoms with Gasteiger partial charge >= 0.3 is 5.97 Å². The van der Waals surface area contributed by atoms with Crippen LogP contribution < -0.4 is 19.5 Å². The van der Waals surface area contributed by atoms with E-state index >= 15 is 0 Å². The molecule has 1 amide bonds. The standard InChI is InChI=1S/C37H37N3O6/c1-3-21-45-37(42)34(24-27-13-17-31(18-14-27)46-25-28-9-5-4-6-10-28)39-35(41)29-15-19-30(20-16-29)43-22-23-44-36-26(2)38-32-11-7-8-12-33(32)40-36/h4-20,34H,3,21-25H2,1-2H3,(H,39,41)/t34-/m0/s1. The predicted octanol–water partition coefficient (Wildman–Crippen LogP) is 6.27. The molecule has 9 heteroatoms. The lowest BCUT2D eigenvalue weighted by atomic mass is 10.0. The first-order valence-corrected chi connectivity index (χ1v) is 15.3. The van der Waals surface area contributed by atoms with Gasteiger partial charge in [0.2, 0.25) is 5.88 Å². The second kappa shape index (κ2) is 16.0. The van der Waals surface area contributed by atoms with Crippen LogP contribution in [-0.4, -0.2) is 47.7 Å². The molecule has 4 aromatic carbocycles. The van der Waals surface area contributed by atoms with E-state index in [1.807, 2.05) is 92.7 Å². The first-order valence-electron chi connectivity index (χ1n) is 15.3. The van der Waals surface area contributed by atoms with Crippen molar-refractivity contribution in [2.24, 2.45) is 0 Å². The summed E-state index contributed by atoms with van der Waals surface area (Å²) in [7, 11) is 0. The van der Waals surface area contributed by atoms with Crippen LogP contribution in [0.15, 0.2) is 103 Å². The topological polar surface area (TPSA) is 109 Å². The zero-order valence-electron chi connectivity index (χ0n) is 26.0. The molecular weight excluding hydrogens is 582 g/mol. The van der Waals surface area contributed by atoms with Gasteiger partial charge in [0.15, 0.2) is 0 Å². The second-order valence-electron chi connectivity index (χ2n) is 10.6. The summed E-state index contributed by atoms with van der Waals surface area (Å²) >= 11 is 0. The molecule has 0 aliphatic heterocycles. The Morgan fingerprint density at radius 3 is 2.04 bits per heavy atom. The van der Waals surface area contributed by atoms with Crippen molar-refractivity contribution < 1.29 is 28.5 Å². The van der Waals surface area contributed by atoms with E-state index in [1.165, 1.54) is 0 Å². The summed E-state index contributed by atoms with van der Waals surface area (Å²) in [5, 5.41) is 2.84. The Hall–Kier alpha value is -5.44. The summed E-state index contributed by atoms with van der Waals surface area (Å²) in [6.45, 7) is 5.06. The maximum atomic E-state index is 13.1. The minimum atomic E-state index is -0.857. The highest BCUT2D eigenvalue weighted by Gasteiger charge is 2.23. The Morgan fingerprint density at radius 1 is 0.696 bits per heavy atom. The van der Waals surface area contributed by atoms with E-state index in [1.54, 1.807) is 24.3 Å². The van der Waals surface area contributed by atoms with E-state index in [0.717, 1.165) is 22.2 Å². The number of aryl methyl sites for hydroxylation is 1. The molecule has 1 N–H and O–H groups in total. The summed E-state index contributed by atoms with van der Waals surface area (Å²) < 4.78 is 22.9. The molecular formula is C37H37N3O6. The number of ether oxygens (including phenoxy) is 4. The van der Waals surface area contributed by atoms with Crippen LogP contribution in [-0.2, 0) is 22.6 Å². The molecule has 1 aromatic heterocycles. The van der Waals surface area contributed by atoms with Gasteiger partial charge in [-0.15, -0.1) is 0 Å². The molecule has 0 spiro atoms. The molecule has 0 aliphatic carbocycles. The van der Waals surface area contributed by atoms with Gasteiger partial charge in [0.25, 0.3) is 5.91 Å². The van der Waals surface area contributed by atoms with Crippen molar-refractivity contribution in [3.05, 3.63) is 126 Å². The molecule has 0 saturated heterocycles. The average Bonchev–Trinajstić information content (AvgIpc) is 3.09. The lowest BCUT2D eigenvalue weighted by Gasteiger charge is -2.18. The quantitative estimate of drug-likeness (QED) is 0.108. The van der Waals surface area contributed by atoms with Crippen molar-refractivity contribution >= 4 is 22.9 Å². The number of rotatable bonds is 15. The van der Waals surface area contributed by atoms with Crippen LogP contribution in [0.4, 0.5) is 0 Å². The van der Waals surface area contributed by atoms with E-state index in [4.69, 9.17) is 18.9 Å². The molecule has 5 rings (SSSR count). The number of nitrogens with one attached hydrogen (secondary N) is 1. The third-order valence-electron chi connectivity index (χ3n) is 7.06. The van der Waals surface area contributed by atoms with Crippen molar-refractivity contribution in [3.8, 4) is 17.4 Å². The Labute approximate surface area is 268 Å². The van der Waals surface area contributed by atoms with E-state index in [9.17, 15) is 9.59 Å². The predicted molar refractivity (Wildman–Crippen MR) is 175 cm³/mol. The summed E-state index contributed by atoms with van der Waals surface area (Å²) in [6, 6.07) is 30.9. The molecule has 1 atom stereocenters. The zero-order chi connectivity index (χ0) is 32.1. The van der Waals surface area contributed by atoms with Crippen LogP contribution in [0.2, 0.25) is 0 Å². The highest BCUT2D eigenvalue weighted by Crippen LogP contribution is 2.19. The lowest BCUT2D eigenvalue weighted by molar-refractivity contribution is -0.145. The second-order valence-corrected chi connectivity index (χ2v) is 10.6. The maximum absolute atomic E-state index is 13.1. The molecule has 236 valence electrons. The number of amides is 1. The van der Waals surface area contributed by atoms with Gasteiger partial charge < -0.3 is 24.3 Å². The monoisotopic (exact) mass is 619 g/mol. The number of fused-ring (bicyclic) bond motifs is 1. The summed E-state index contributed by atoms with van der Waals surface area (Å²) in [6.07, 6.45) is 0.955. The van der Waals surface area contributed by atoms with Crippen LogP contribution >= 0.6 is 0 Å². The minimum absolute atomic E-state index is 0.273. The molecule has 1 heterocycles. The zero-order valence-corrected chi connectivity index (χ0v) is 26.0. The number of nitrogens with zero attached hydrogens (tertiary/aromatic N) is 2. The van der Waals surface area contributed by atoms with Gasteiger partial charge in [0.05, 0.1) is 17.6 Å². The van der Waals surface area contributed by atoms with Crippen molar-refractivity contribution in [1.82, 2.24) is 15.3 Å². The van der Waals surface area contributed by atoms with E-state index in [0.29, 0.717) is 41.7 Å². The van der Waals surface area contributed by atoms with Crippen LogP contribution in [0, 0.1) is 6.92 Å². The molecule has 46 heavy (non-hydrogen) atoms. The SMILES string of the molecule is CCCOC(=O)[C@H](Cc1ccc(OCc2ccccc2)cc1)NC(=O)c1ccc(OCCOc2nc3ccccc3nc2C)cc1. The molecule has 0 bridgehead atoms. The smallest absolute Gasteiger partial charge is 0.328 e. The minimum Gasteiger partial charge on any atom is -0.490 e. The average molecular weight is 620 g/mol. The van der Waals surface area contributed by atoms with Crippen molar-refractivity contribution in [2.75, 3.05) is 19.8 Å². The van der Waals surface area contributed by atoms with Crippen LogP contribution in [0.1, 0.15) is 40.5 Å². The van der Waals surface area contributed by atoms with E-state index < -0.39 is 12.0 Å². The highest BCUT2D eigenvalue weighted by molar-refractivity contribution is 5.97. The fourth-order valence-electron chi connectivity index (χ4n) is 4.65. The highest BCUT2D eigenvalue weighted by atomic mass is 16.5. The Kier molecular flexibility index (Phi) is 11.1. The van der Waals surface area contributed by atoms with Crippen molar-refractivity contribution in [2.45, 2.75) is 39.3 Å². The van der Waals surface area contributed by atoms with Crippen LogP contribution in [0.25, 0.3) is 11.0 Å². The molecule has 0 fully saturated rings. The van der Waals surface area contributed by atoms with E-state index in [-0.39, 0.29) is 32.1 Å². The Morgan fingerprint density at radius 2 is 1.33 bits per heavy atom. The van der Waals surface area contributed by atoms with Gasteiger partial charge in [-0.05, 0) is 73.0 Å². The Balaban J connectivity index is 1.13. The van der Waals surface area contributed by atoms with Crippen molar-refractivity contribution in [3.63, 3.8) is 0 Å². The van der Waals surface area contributed by atoms with Crippen LogP contribution in [0.5, 0.6) is 17.4 Å². The first kappa shape index (κ1) is 32.0. The largest absolute Gasteiger partial charge is 0.490 e. The molecule has 0 aliphatic rings. The third kappa shape index (κ3) is 9.04.